The number of hydrogen-bond donors (Lipinski definition) is 1. The van der Waals surface area contributed by atoms with Crippen molar-refractivity contribution < 1.29 is 9.90 Å². The lowest BCUT2D eigenvalue weighted by atomic mass is 10.1. The second-order valence-corrected chi connectivity index (χ2v) is 4.74. The van der Waals surface area contributed by atoms with Crippen LogP contribution in [0.25, 0.3) is 17.1 Å². The number of hydrogen-bond acceptors (Lipinski definition) is 4. The minimum Gasteiger partial charge on any atom is -0.476 e. The van der Waals surface area contributed by atoms with Gasteiger partial charge in [-0.2, -0.15) is 0 Å². The van der Waals surface area contributed by atoms with Gasteiger partial charge in [-0.05, 0) is 36.2 Å². The zero-order chi connectivity index (χ0) is 15.5. The standard InChI is InChI=1S/C16H14N4O2/c1-2-11-6-5-7-12(10-11)20-15(13-8-3-4-9-17-13)14(16(21)22)18-19-20/h3-10H,2H2,1H3,(H,21,22). The van der Waals surface area contributed by atoms with E-state index in [0.29, 0.717) is 11.4 Å². The Labute approximate surface area is 127 Å². The van der Waals surface area contributed by atoms with Gasteiger partial charge in [0.05, 0.1) is 11.4 Å². The van der Waals surface area contributed by atoms with Gasteiger partial charge in [0, 0.05) is 6.20 Å². The second kappa shape index (κ2) is 5.77. The lowest BCUT2D eigenvalue weighted by molar-refractivity contribution is 0.0691. The fraction of sp³-hybridized carbons (Fsp3) is 0.125. The van der Waals surface area contributed by atoms with Gasteiger partial charge in [0.25, 0.3) is 0 Å². The van der Waals surface area contributed by atoms with Crippen molar-refractivity contribution in [3.63, 3.8) is 0 Å². The van der Waals surface area contributed by atoms with Crippen molar-refractivity contribution in [2.45, 2.75) is 13.3 Å². The van der Waals surface area contributed by atoms with Crippen LogP contribution in [0.5, 0.6) is 0 Å². The fourth-order valence-electron chi connectivity index (χ4n) is 2.25. The first-order valence-corrected chi connectivity index (χ1v) is 6.90. The molecule has 22 heavy (non-hydrogen) atoms. The molecular weight excluding hydrogens is 280 g/mol. The Bertz CT molecular complexity index is 812. The van der Waals surface area contributed by atoms with Crippen LogP contribution in [0.4, 0.5) is 0 Å². The summed E-state index contributed by atoms with van der Waals surface area (Å²) < 4.78 is 1.52. The molecule has 1 N–H and O–H groups in total. The molecule has 6 nitrogen and oxygen atoms in total. The monoisotopic (exact) mass is 294 g/mol. The van der Waals surface area contributed by atoms with Gasteiger partial charge in [-0.1, -0.05) is 30.3 Å². The summed E-state index contributed by atoms with van der Waals surface area (Å²) in [5.41, 5.74) is 2.69. The summed E-state index contributed by atoms with van der Waals surface area (Å²) in [4.78, 5) is 15.6. The summed E-state index contributed by atoms with van der Waals surface area (Å²) in [7, 11) is 0. The second-order valence-electron chi connectivity index (χ2n) is 4.74. The van der Waals surface area contributed by atoms with E-state index in [2.05, 4.69) is 22.2 Å². The first-order chi connectivity index (χ1) is 10.7. The number of carboxylic acids is 1. The summed E-state index contributed by atoms with van der Waals surface area (Å²) in [5.74, 6) is -1.13. The molecular formula is C16H14N4O2. The smallest absolute Gasteiger partial charge is 0.358 e. The van der Waals surface area contributed by atoms with E-state index in [4.69, 9.17) is 0 Å². The van der Waals surface area contributed by atoms with E-state index in [1.54, 1.807) is 24.4 Å². The average molecular weight is 294 g/mol. The van der Waals surface area contributed by atoms with Crippen molar-refractivity contribution in [1.29, 1.82) is 0 Å². The average Bonchev–Trinajstić information content (AvgIpc) is 3.01. The van der Waals surface area contributed by atoms with Crippen LogP contribution in [0, 0.1) is 0 Å². The van der Waals surface area contributed by atoms with Crippen molar-refractivity contribution in [2.24, 2.45) is 0 Å². The largest absolute Gasteiger partial charge is 0.476 e. The highest BCUT2D eigenvalue weighted by Crippen LogP contribution is 2.24. The maximum Gasteiger partial charge on any atom is 0.358 e. The molecule has 0 bridgehead atoms. The number of pyridine rings is 1. The minimum atomic E-state index is -1.13. The van der Waals surface area contributed by atoms with Gasteiger partial charge in [0.15, 0.2) is 5.69 Å². The van der Waals surface area contributed by atoms with E-state index in [-0.39, 0.29) is 5.69 Å². The molecule has 3 rings (SSSR count). The third-order valence-corrected chi connectivity index (χ3v) is 3.34. The third kappa shape index (κ3) is 2.46. The van der Waals surface area contributed by atoms with Gasteiger partial charge in [-0.25, -0.2) is 9.48 Å². The number of aryl methyl sites for hydroxylation is 1. The van der Waals surface area contributed by atoms with Crippen LogP contribution in [-0.2, 0) is 6.42 Å². The molecule has 0 atom stereocenters. The lowest BCUT2D eigenvalue weighted by Crippen LogP contribution is -2.04. The molecule has 0 aliphatic rings. The number of carbonyl (C=O) groups is 1. The summed E-state index contributed by atoms with van der Waals surface area (Å²) in [5, 5.41) is 17.1. The molecule has 0 aliphatic heterocycles. The van der Waals surface area contributed by atoms with Crippen LogP contribution in [0.2, 0.25) is 0 Å². The highest BCUT2D eigenvalue weighted by molar-refractivity contribution is 5.92. The molecule has 0 unspecified atom stereocenters. The molecule has 2 heterocycles. The normalized spacial score (nSPS) is 10.6. The van der Waals surface area contributed by atoms with E-state index >= 15 is 0 Å². The Balaban J connectivity index is 2.22. The Morgan fingerprint density at radius 2 is 2.09 bits per heavy atom. The molecule has 1 aromatic carbocycles. The van der Waals surface area contributed by atoms with Crippen LogP contribution in [-0.4, -0.2) is 31.1 Å². The first kappa shape index (κ1) is 13.9. The molecule has 6 heteroatoms. The molecule has 0 fully saturated rings. The number of carboxylic acid groups (broad SMARTS) is 1. The highest BCUT2D eigenvalue weighted by Gasteiger charge is 2.22. The lowest BCUT2D eigenvalue weighted by Gasteiger charge is -2.07. The van der Waals surface area contributed by atoms with Gasteiger partial charge in [0.2, 0.25) is 0 Å². The van der Waals surface area contributed by atoms with Crippen molar-refractivity contribution >= 4 is 5.97 Å². The third-order valence-electron chi connectivity index (χ3n) is 3.34. The Hall–Kier alpha value is -3.02. The SMILES string of the molecule is CCc1cccc(-n2nnc(C(=O)O)c2-c2ccccn2)c1. The minimum absolute atomic E-state index is 0.111. The Kier molecular flexibility index (Phi) is 3.65. The topological polar surface area (TPSA) is 80.9 Å². The zero-order valence-electron chi connectivity index (χ0n) is 12.0. The quantitative estimate of drug-likeness (QED) is 0.800. The molecule has 2 aromatic heterocycles. The van der Waals surface area contributed by atoms with Gasteiger partial charge in [0.1, 0.15) is 5.69 Å². The summed E-state index contributed by atoms with van der Waals surface area (Å²) in [6.07, 6.45) is 2.49. The van der Waals surface area contributed by atoms with Gasteiger partial charge in [-0.3, -0.25) is 4.98 Å². The Morgan fingerprint density at radius 3 is 2.77 bits per heavy atom. The van der Waals surface area contributed by atoms with Crippen LogP contribution in [0.15, 0.2) is 48.7 Å². The van der Waals surface area contributed by atoms with Crippen molar-refractivity contribution in [2.75, 3.05) is 0 Å². The van der Waals surface area contributed by atoms with E-state index in [0.717, 1.165) is 17.7 Å². The number of aromatic nitrogens is 4. The number of aromatic carboxylic acids is 1. The first-order valence-electron chi connectivity index (χ1n) is 6.90. The fourth-order valence-corrected chi connectivity index (χ4v) is 2.25. The van der Waals surface area contributed by atoms with Crippen molar-refractivity contribution in [3.05, 3.63) is 59.9 Å². The highest BCUT2D eigenvalue weighted by atomic mass is 16.4. The zero-order valence-corrected chi connectivity index (χ0v) is 12.0. The maximum atomic E-state index is 11.4. The van der Waals surface area contributed by atoms with E-state index in [1.165, 1.54) is 4.68 Å². The molecule has 110 valence electrons. The van der Waals surface area contributed by atoms with E-state index in [9.17, 15) is 9.90 Å². The summed E-state index contributed by atoms with van der Waals surface area (Å²) >= 11 is 0. The maximum absolute atomic E-state index is 11.4. The molecule has 0 saturated carbocycles. The van der Waals surface area contributed by atoms with Crippen LogP contribution in [0.3, 0.4) is 0 Å². The van der Waals surface area contributed by atoms with Gasteiger partial charge >= 0.3 is 5.97 Å². The summed E-state index contributed by atoms with van der Waals surface area (Å²) in [6, 6.07) is 13.1. The van der Waals surface area contributed by atoms with Crippen molar-refractivity contribution in [1.82, 2.24) is 20.0 Å². The number of benzene rings is 1. The predicted molar refractivity (Wildman–Crippen MR) is 80.9 cm³/mol. The number of rotatable bonds is 4. The summed E-state index contributed by atoms with van der Waals surface area (Å²) in [6.45, 7) is 2.06. The number of nitrogens with zero attached hydrogens (tertiary/aromatic N) is 4. The molecule has 0 amide bonds. The van der Waals surface area contributed by atoms with Crippen LogP contribution in [0.1, 0.15) is 23.0 Å². The molecule has 0 radical (unpaired) electrons. The van der Waals surface area contributed by atoms with Crippen LogP contribution < -0.4 is 0 Å². The van der Waals surface area contributed by atoms with Gasteiger partial charge < -0.3 is 5.11 Å². The van der Waals surface area contributed by atoms with Crippen molar-refractivity contribution in [3.8, 4) is 17.1 Å². The van der Waals surface area contributed by atoms with Gasteiger partial charge in [-0.15, -0.1) is 5.10 Å². The molecule has 3 aromatic rings. The molecule has 0 saturated heterocycles. The van der Waals surface area contributed by atoms with Crippen LogP contribution >= 0.6 is 0 Å². The van der Waals surface area contributed by atoms with E-state index in [1.807, 2.05) is 24.3 Å². The Morgan fingerprint density at radius 1 is 1.23 bits per heavy atom. The predicted octanol–water partition coefficient (Wildman–Crippen LogP) is 2.59. The molecule has 0 aliphatic carbocycles. The van der Waals surface area contributed by atoms with E-state index < -0.39 is 5.97 Å². The molecule has 0 spiro atoms.